The number of nitrogens with one attached hydrogen (secondary N) is 2. The lowest BCUT2D eigenvalue weighted by Gasteiger charge is -2.05. The highest BCUT2D eigenvalue weighted by atomic mass is 35.5. The molecule has 6 nitrogen and oxygen atoms in total. The number of aromatic nitrogens is 2. The largest absolute Gasteiger partial charge is 0.470 e. The van der Waals surface area contributed by atoms with Gasteiger partial charge in [0, 0.05) is 22.3 Å². The molecule has 0 fully saturated rings. The van der Waals surface area contributed by atoms with E-state index in [2.05, 4.69) is 20.8 Å². The van der Waals surface area contributed by atoms with Crippen LogP contribution in [0.5, 0.6) is 0 Å². The number of thiophene rings is 1. The van der Waals surface area contributed by atoms with Gasteiger partial charge in [-0.1, -0.05) is 23.7 Å². The number of nitrogens with zero attached hydrogens (tertiary/aromatic N) is 2. The third kappa shape index (κ3) is 3.02. The van der Waals surface area contributed by atoms with Crippen molar-refractivity contribution in [1.82, 2.24) is 15.5 Å². The smallest absolute Gasteiger partial charge is 0.273 e. The second-order valence-corrected chi connectivity index (χ2v) is 6.97. The summed E-state index contributed by atoms with van der Waals surface area (Å²) in [5, 5.41) is 15.5. The Morgan fingerprint density at radius 3 is 2.85 bits per heavy atom. The van der Waals surface area contributed by atoms with Gasteiger partial charge in [0.2, 0.25) is 0 Å². The number of rotatable bonds is 4. The number of carbonyl (C=O) groups is 1. The Balaban J connectivity index is 1.89. The van der Waals surface area contributed by atoms with Crippen LogP contribution in [0, 0.1) is 0 Å². The number of fused-ring (bicyclic) bond motifs is 1. The number of benzene rings is 1. The van der Waals surface area contributed by atoms with Crippen LogP contribution in [0.3, 0.4) is 0 Å². The third-order valence-corrected chi connectivity index (χ3v) is 5.21. The number of halogens is 1. The molecule has 0 saturated carbocycles. The SMILES string of the molecule is CNC(=O)c1nnc(Nc2ccoc2)c2cc(-c3cccc(Cl)c3)sc12. The molecule has 26 heavy (non-hydrogen) atoms. The normalized spacial score (nSPS) is 10.8. The van der Waals surface area contributed by atoms with E-state index in [1.807, 2.05) is 30.3 Å². The van der Waals surface area contributed by atoms with Crippen LogP contribution in [0.2, 0.25) is 5.02 Å². The van der Waals surface area contributed by atoms with E-state index in [1.165, 1.54) is 11.3 Å². The minimum Gasteiger partial charge on any atom is -0.470 e. The van der Waals surface area contributed by atoms with Crippen molar-refractivity contribution in [2.45, 2.75) is 0 Å². The molecule has 0 aliphatic heterocycles. The van der Waals surface area contributed by atoms with Gasteiger partial charge in [-0.25, -0.2) is 0 Å². The first-order valence-corrected chi connectivity index (χ1v) is 8.92. The zero-order valence-corrected chi connectivity index (χ0v) is 15.2. The summed E-state index contributed by atoms with van der Waals surface area (Å²) >= 11 is 7.59. The monoisotopic (exact) mass is 384 g/mol. The molecule has 0 aliphatic rings. The molecule has 0 spiro atoms. The van der Waals surface area contributed by atoms with Crippen LogP contribution in [-0.2, 0) is 0 Å². The lowest BCUT2D eigenvalue weighted by molar-refractivity contribution is 0.0959. The van der Waals surface area contributed by atoms with E-state index in [1.54, 1.807) is 25.6 Å². The van der Waals surface area contributed by atoms with Gasteiger partial charge in [0.15, 0.2) is 11.5 Å². The van der Waals surface area contributed by atoms with Crippen LogP contribution in [-0.4, -0.2) is 23.2 Å². The second kappa shape index (κ2) is 6.78. The quantitative estimate of drug-likeness (QED) is 0.532. The van der Waals surface area contributed by atoms with E-state index in [4.69, 9.17) is 16.0 Å². The van der Waals surface area contributed by atoms with Crippen molar-refractivity contribution in [3.05, 3.63) is 59.6 Å². The van der Waals surface area contributed by atoms with Crippen LogP contribution in [0.15, 0.2) is 53.3 Å². The Labute approximate surface area is 157 Å². The summed E-state index contributed by atoms with van der Waals surface area (Å²) in [6, 6.07) is 11.3. The van der Waals surface area contributed by atoms with E-state index in [-0.39, 0.29) is 5.91 Å². The second-order valence-electron chi connectivity index (χ2n) is 5.48. The van der Waals surface area contributed by atoms with Gasteiger partial charge in [-0.2, -0.15) is 0 Å². The first-order valence-electron chi connectivity index (χ1n) is 7.73. The van der Waals surface area contributed by atoms with Gasteiger partial charge in [-0.3, -0.25) is 4.79 Å². The molecule has 3 aromatic heterocycles. The summed E-state index contributed by atoms with van der Waals surface area (Å²) in [7, 11) is 1.57. The Morgan fingerprint density at radius 2 is 2.12 bits per heavy atom. The molecule has 2 N–H and O–H groups in total. The lowest BCUT2D eigenvalue weighted by Crippen LogP contribution is -2.20. The molecule has 3 heterocycles. The Kier molecular flexibility index (Phi) is 4.32. The fourth-order valence-electron chi connectivity index (χ4n) is 2.56. The van der Waals surface area contributed by atoms with Crippen LogP contribution in [0.25, 0.3) is 20.5 Å². The maximum absolute atomic E-state index is 12.2. The molecule has 0 atom stereocenters. The number of amides is 1. The summed E-state index contributed by atoms with van der Waals surface area (Å²) < 4.78 is 5.83. The molecule has 0 bridgehead atoms. The first kappa shape index (κ1) is 16.6. The average Bonchev–Trinajstić information content (AvgIpc) is 3.31. The first-order chi connectivity index (χ1) is 12.7. The van der Waals surface area contributed by atoms with Gasteiger partial charge >= 0.3 is 0 Å². The molecule has 0 unspecified atom stereocenters. The van der Waals surface area contributed by atoms with Gasteiger partial charge < -0.3 is 15.1 Å². The van der Waals surface area contributed by atoms with Crippen molar-refractivity contribution in [2.75, 3.05) is 12.4 Å². The minimum atomic E-state index is -0.281. The summed E-state index contributed by atoms with van der Waals surface area (Å²) in [5.74, 6) is 0.274. The summed E-state index contributed by atoms with van der Waals surface area (Å²) in [5.41, 5.74) is 2.01. The summed E-state index contributed by atoms with van der Waals surface area (Å²) in [4.78, 5) is 13.2. The molecule has 4 rings (SSSR count). The minimum absolute atomic E-state index is 0.281. The van der Waals surface area contributed by atoms with Gasteiger partial charge in [0.25, 0.3) is 5.91 Å². The molecule has 1 amide bonds. The molecular weight excluding hydrogens is 372 g/mol. The third-order valence-electron chi connectivity index (χ3n) is 3.79. The number of hydrogen-bond acceptors (Lipinski definition) is 6. The van der Waals surface area contributed by atoms with E-state index in [9.17, 15) is 4.79 Å². The Morgan fingerprint density at radius 1 is 1.23 bits per heavy atom. The molecule has 8 heteroatoms. The molecule has 4 aromatic rings. The molecular formula is C18H13ClN4O2S. The standard InChI is InChI=1S/C18H13ClN4O2S/c1-20-18(24)15-16-13(17(23-22-15)21-12-5-6-25-9-12)8-14(26-16)10-3-2-4-11(19)7-10/h2-9H,1H3,(H,20,24)(H,21,23). The van der Waals surface area contributed by atoms with Crippen molar-refractivity contribution >= 4 is 50.4 Å². The highest BCUT2D eigenvalue weighted by Gasteiger charge is 2.19. The van der Waals surface area contributed by atoms with Crippen LogP contribution >= 0.6 is 22.9 Å². The van der Waals surface area contributed by atoms with E-state index in [0.717, 1.165) is 26.2 Å². The maximum atomic E-state index is 12.2. The van der Waals surface area contributed by atoms with Crippen LogP contribution < -0.4 is 10.6 Å². The number of anilines is 2. The van der Waals surface area contributed by atoms with Gasteiger partial charge in [0.05, 0.1) is 16.7 Å². The molecule has 0 aliphatic carbocycles. The zero-order valence-electron chi connectivity index (χ0n) is 13.6. The highest BCUT2D eigenvalue weighted by Crippen LogP contribution is 2.38. The van der Waals surface area contributed by atoms with Crippen molar-refractivity contribution in [1.29, 1.82) is 0 Å². The molecule has 130 valence electrons. The lowest BCUT2D eigenvalue weighted by atomic mass is 10.1. The van der Waals surface area contributed by atoms with Gasteiger partial charge in [0.1, 0.15) is 6.26 Å². The van der Waals surface area contributed by atoms with E-state index in [0.29, 0.717) is 16.5 Å². The number of furan rings is 1. The fourth-order valence-corrected chi connectivity index (χ4v) is 3.89. The van der Waals surface area contributed by atoms with Crippen molar-refractivity contribution in [3.63, 3.8) is 0 Å². The van der Waals surface area contributed by atoms with Crippen molar-refractivity contribution in [2.24, 2.45) is 0 Å². The van der Waals surface area contributed by atoms with Crippen molar-refractivity contribution < 1.29 is 9.21 Å². The Bertz CT molecular complexity index is 1090. The van der Waals surface area contributed by atoms with E-state index >= 15 is 0 Å². The van der Waals surface area contributed by atoms with E-state index < -0.39 is 0 Å². The molecule has 1 aromatic carbocycles. The predicted octanol–water partition coefficient (Wildman–Crippen LogP) is 4.71. The summed E-state index contributed by atoms with van der Waals surface area (Å²) in [6.45, 7) is 0. The average molecular weight is 385 g/mol. The van der Waals surface area contributed by atoms with Gasteiger partial charge in [-0.05, 0) is 29.8 Å². The maximum Gasteiger partial charge on any atom is 0.273 e. The topological polar surface area (TPSA) is 80.0 Å². The predicted molar refractivity (Wildman–Crippen MR) is 103 cm³/mol. The van der Waals surface area contributed by atoms with Crippen molar-refractivity contribution in [3.8, 4) is 10.4 Å². The molecule has 0 saturated heterocycles. The fraction of sp³-hybridized carbons (Fsp3) is 0.0556. The summed E-state index contributed by atoms with van der Waals surface area (Å²) in [6.07, 6.45) is 3.14. The van der Waals surface area contributed by atoms with Gasteiger partial charge in [-0.15, -0.1) is 21.5 Å². The Hall–Kier alpha value is -2.90. The van der Waals surface area contributed by atoms with Crippen LogP contribution in [0.4, 0.5) is 11.5 Å². The van der Waals surface area contributed by atoms with Crippen LogP contribution in [0.1, 0.15) is 10.5 Å². The zero-order chi connectivity index (χ0) is 18.1. The number of hydrogen-bond donors (Lipinski definition) is 2. The highest BCUT2D eigenvalue weighted by molar-refractivity contribution is 7.22. The number of carbonyl (C=O) groups excluding carboxylic acids is 1. The molecule has 0 radical (unpaired) electrons.